The van der Waals surface area contributed by atoms with Crippen LogP contribution in [0, 0.1) is 0 Å². The molecule has 0 spiro atoms. The van der Waals surface area contributed by atoms with Gasteiger partial charge in [0.2, 0.25) is 0 Å². The number of aliphatic carboxylic acids is 1. The van der Waals surface area contributed by atoms with Crippen LogP contribution >= 0.6 is 22.6 Å². The number of carbonyl (C=O) groups is 1. The van der Waals surface area contributed by atoms with Crippen LogP contribution in [-0.2, 0) is 4.79 Å². The van der Waals surface area contributed by atoms with Gasteiger partial charge in [0.05, 0.1) is 5.92 Å². The number of carboxylic acids is 1. The van der Waals surface area contributed by atoms with Crippen molar-refractivity contribution in [3.8, 4) is 0 Å². The van der Waals surface area contributed by atoms with E-state index in [9.17, 15) is 4.79 Å². The van der Waals surface area contributed by atoms with Crippen LogP contribution in [0.25, 0.3) is 0 Å². The van der Waals surface area contributed by atoms with Gasteiger partial charge in [-0.05, 0) is 5.56 Å². The number of hydrogen-bond acceptors (Lipinski definition) is 1. The van der Waals surface area contributed by atoms with Gasteiger partial charge in [0.1, 0.15) is 0 Å². The molecule has 2 unspecified atom stereocenters. The van der Waals surface area contributed by atoms with E-state index in [1.165, 1.54) is 0 Å². The molecule has 1 aromatic carbocycles. The maximum atomic E-state index is 10.9. The summed E-state index contributed by atoms with van der Waals surface area (Å²) < 4.78 is 0.0949. The Morgan fingerprint density at radius 2 is 1.92 bits per heavy atom. The molecule has 2 atom stereocenters. The van der Waals surface area contributed by atoms with Crippen molar-refractivity contribution in [1.82, 2.24) is 0 Å². The highest BCUT2D eigenvalue weighted by Gasteiger charge is 2.23. The maximum absolute atomic E-state index is 10.9. The van der Waals surface area contributed by atoms with Crippen LogP contribution < -0.4 is 0 Å². The lowest BCUT2D eigenvalue weighted by atomic mass is 9.97. The summed E-state index contributed by atoms with van der Waals surface area (Å²) in [5.41, 5.74) is 0.872. The van der Waals surface area contributed by atoms with Gasteiger partial charge >= 0.3 is 5.97 Å². The van der Waals surface area contributed by atoms with Crippen molar-refractivity contribution in [2.75, 3.05) is 0 Å². The van der Waals surface area contributed by atoms with E-state index in [0.29, 0.717) is 0 Å². The lowest BCUT2D eigenvalue weighted by molar-refractivity contribution is -0.138. The van der Waals surface area contributed by atoms with Gasteiger partial charge in [-0.25, -0.2) is 0 Å². The molecule has 0 aliphatic carbocycles. The predicted molar refractivity (Wildman–Crippen MR) is 60.3 cm³/mol. The molecular weight excluding hydrogens is 279 g/mol. The molecule has 1 rings (SSSR count). The molecule has 0 fully saturated rings. The minimum absolute atomic E-state index is 0.0949. The first kappa shape index (κ1) is 10.5. The summed E-state index contributed by atoms with van der Waals surface area (Å²) in [7, 11) is 0. The van der Waals surface area contributed by atoms with E-state index in [1.54, 1.807) is 0 Å². The van der Waals surface area contributed by atoms with Gasteiger partial charge in [0, 0.05) is 3.92 Å². The SMILES string of the molecule is CC(I)C(C(=O)O)c1ccccc1. The summed E-state index contributed by atoms with van der Waals surface area (Å²) in [5, 5.41) is 8.99. The molecule has 0 radical (unpaired) electrons. The molecular formula is C10H11IO2. The topological polar surface area (TPSA) is 37.3 Å². The summed E-state index contributed by atoms with van der Waals surface area (Å²) in [4.78, 5) is 10.9. The second-order valence-electron chi connectivity index (χ2n) is 2.90. The fourth-order valence-corrected chi connectivity index (χ4v) is 1.99. The van der Waals surface area contributed by atoms with Crippen molar-refractivity contribution in [1.29, 1.82) is 0 Å². The highest BCUT2D eigenvalue weighted by Crippen LogP contribution is 2.25. The summed E-state index contributed by atoms with van der Waals surface area (Å²) >= 11 is 2.14. The van der Waals surface area contributed by atoms with E-state index >= 15 is 0 Å². The van der Waals surface area contributed by atoms with Crippen LogP contribution in [0.2, 0.25) is 0 Å². The lowest BCUT2D eigenvalue weighted by Gasteiger charge is -2.14. The summed E-state index contributed by atoms with van der Waals surface area (Å²) in [6.45, 7) is 1.91. The van der Waals surface area contributed by atoms with Crippen LogP contribution in [0.5, 0.6) is 0 Å². The van der Waals surface area contributed by atoms with E-state index in [0.717, 1.165) is 5.56 Å². The zero-order valence-corrected chi connectivity index (χ0v) is 9.43. The monoisotopic (exact) mass is 290 g/mol. The quantitative estimate of drug-likeness (QED) is 0.686. The van der Waals surface area contributed by atoms with Crippen molar-refractivity contribution < 1.29 is 9.90 Å². The molecule has 0 bridgehead atoms. The average molecular weight is 290 g/mol. The Bertz CT molecular complexity index is 282. The van der Waals surface area contributed by atoms with Crippen molar-refractivity contribution >= 4 is 28.6 Å². The molecule has 0 heterocycles. The fourth-order valence-electron chi connectivity index (χ4n) is 1.26. The Morgan fingerprint density at radius 3 is 2.31 bits per heavy atom. The molecule has 2 nitrogen and oxygen atoms in total. The fraction of sp³-hybridized carbons (Fsp3) is 0.300. The highest BCUT2D eigenvalue weighted by atomic mass is 127. The number of alkyl halides is 1. The molecule has 3 heteroatoms. The van der Waals surface area contributed by atoms with Crippen LogP contribution in [0.1, 0.15) is 18.4 Å². The highest BCUT2D eigenvalue weighted by molar-refractivity contribution is 14.1. The largest absolute Gasteiger partial charge is 0.481 e. The number of carboxylic acid groups (broad SMARTS) is 1. The molecule has 70 valence electrons. The summed E-state index contributed by atoms with van der Waals surface area (Å²) in [5.74, 6) is -1.16. The van der Waals surface area contributed by atoms with Gasteiger partial charge in [-0.15, -0.1) is 0 Å². The van der Waals surface area contributed by atoms with Crippen LogP contribution in [0.4, 0.5) is 0 Å². The number of benzene rings is 1. The Balaban J connectivity index is 2.96. The second-order valence-corrected chi connectivity index (χ2v) is 4.87. The maximum Gasteiger partial charge on any atom is 0.312 e. The zero-order valence-electron chi connectivity index (χ0n) is 7.27. The molecule has 0 aliphatic rings. The molecule has 1 N–H and O–H groups in total. The normalized spacial score (nSPS) is 14.9. The Hall–Kier alpha value is -0.580. The predicted octanol–water partition coefficient (Wildman–Crippen LogP) is 2.68. The molecule has 0 saturated carbocycles. The molecule has 0 saturated heterocycles. The Kier molecular flexibility index (Phi) is 3.71. The van der Waals surface area contributed by atoms with E-state index in [4.69, 9.17) is 5.11 Å². The van der Waals surface area contributed by atoms with Crippen molar-refractivity contribution in [3.05, 3.63) is 35.9 Å². The smallest absolute Gasteiger partial charge is 0.312 e. The van der Waals surface area contributed by atoms with E-state index in [1.807, 2.05) is 37.3 Å². The zero-order chi connectivity index (χ0) is 9.84. The minimum Gasteiger partial charge on any atom is -0.481 e. The van der Waals surface area contributed by atoms with Crippen LogP contribution in [-0.4, -0.2) is 15.0 Å². The van der Waals surface area contributed by atoms with Crippen LogP contribution in [0.3, 0.4) is 0 Å². The van der Waals surface area contributed by atoms with Gasteiger partial charge in [-0.3, -0.25) is 4.79 Å². The van der Waals surface area contributed by atoms with Crippen LogP contribution in [0.15, 0.2) is 30.3 Å². The Morgan fingerprint density at radius 1 is 1.38 bits per heavy atom. The van der Waals surface area contributed by atoms with E-state index in [2.05, 4.69) is 22.6 Å². The first-order chi connectivity index (χ1) is 6.13. The third-order valence-corrected chi connectivity index (χ3v) is 2.60. The van der Waals surface area contributed by atoms with Gasteiger partial charge < -0.3 is 5.11 Å². The molecule has 1 aromatic rings. The molecule has 0 aromatic heterocycles. The first-order valence-corrected chi connectivity index (χ1v) is 5.29. The number of halogens is 1. The van der Waals surface area contributed by atoms with Crippen molar-refractivity contribution in [3.63, 3.8) is 0 Å². The standard InChI is InChI=1S/C10H11IO2/c1-7(11)9(10(12)13)8-5-3-2-4-6-8/h2-7,9H,1H3,(H,12,13). The van der Waals surface area contributed by atoms with Gasteiger partial charge in [0.25, 0.3) is 0 Å². The number of hydrogen-bond donors (Lipinski definition) is 1. The number of rotatable bonds is 3. The van der Waals surface area contributed by atoms with E-state index in [-0.39, 0.29) is 3.92 Å². The van der Waals surface area contributed by atoms with E-state index < -0.39 is 11.9 Å². The minimum atomic E-state index is -0.756. The van der Waals surface area contributed by atoms with Gasteiger partial charge in [0.15, 0.2) is 0 Å². The summed E-state index contributed by atoms with van der Waals surface area (Å²) in [6.07, 6.45) is 0. The average Bonchev–Trinajstić information content (AvgIpc) is 2.04. The molecule has 13 heavy (non-hydrogen) atoms. The first-order valence-electron chi connectivity index (χ1n) is 4.04. The van der Waals surface area contributed by atoms with Crippen molar-refractivity contribution in [2.45, 2.75) is 16.8 Å². The van der Waals surface area contributed by atoms with Gasteiger partial charge in [-0.1, -0.05) is 59.8 Å². The summed E-state index contributed by atoms with van der Waals surface area (Å²) in [6, 6.07) is 9.33. The lowest BCUT2D eigenvalue weighted by Crippen LogP contribution is -2.18. The third-order valence-electron chi connectivity index (χ3n) is 1.88. The van der Waals surface area contributed by atoms with Gasteiger partial charge in [-0.2, -0.15) is 0 Å². The Labute approximate surface area is 91.1 Å². The second kappa shape index (κ2) is 4.60. The third kappa shape index (κ3) is 2.69. The molecule has 0 amide bonds. The van der Waals surface area contributed by atoms with Crippen molar-refractivity contribution in [2.24, 2.45) is 0 Å². The molecule has 0 aliphatic heterocycles.